The molecule has 0 fully saturated rings. The Morgan fingerprint density at radius 1 is 1.00 bits per heavy atom. The Hall–Kier alpha value is -2.76. The van der Waals surface area contributed by atoms with Crippen LogP contribution in [0.2, 0.25) is 0 Å². The summed E-state index contributed by atoms with van der Waals surface area (Å²) in [4.78, 5) is 11.3. The monoisotopic (exact) mass is 281 g/mol. The van der Waals surface area contributed by atoms with Crippen LogP contribution < -0.4 is 0 Å². The van der Waals surface area contributed by atoms with Crippen LogP contribution in [0.15, 0.2) is 34.5 Å². The quantitative estimate of drug-likeness (QED) is 0.696. The van der Waals surface area contributed by atoms with Gasteiger partial charge in [-0.15, -0.1) is 10.2 Å². The zero-order valence-corrected chi connectivity index (χ0v) is 12.0. The number of aromatic nitrogens is 3. The molecule has 0 saturated heterocycles. The fraction of sp³-hybridized carbons (Fsp3) is 0.200. The fourth-order valence-corrected chi connectivity index (χ4v) is 2.23. The van der Waals surface area contributed by atoms with Crippen molar-refractivity contribution in [2.24, 2.45) is 10.2 Å². The molecule has 0 aliphatic carbocycles. The van der Waals surface area contributed by atoms with Gasteiger partial charge in [-0.1, -0.05) is 11.6 Å². The van der Waals surface area contributed by atoms with Gasteiger partial charge in [-0.3, -0.25) is 0 Å². The molecule has 0 spiro atoms. The lowest BCUT2D eigenvalue weighted by Crippen LogP contribution is -1.87. The summed E-state index contributed by atoms with van der Waals surface area (Å²) in [5.74, 6) is 0.276. The maximum atomic E-state index is 9.96. The number of nitrogens with one attached hydrogen (secondary N) is 1. The Morgan fingerprint density at radius 3 is 2.43 bits per heavy atom. The molecular weight excluding hydrogens is 266 g/mol. The van der Waals surface area contributed by atoms with Gasteiger partial charge in [-0.2, -0.15) is 0 Å². The average molecular weight is 281 g/mol. The summed E-state index contributed by atoms with van der Waals surface area (Å²) in [6, 6.07) is 7.68. The van der Waals surface area contributed by atoms with Gasteiger partial charge in [0.05, 0.1) is 5.52 Å². The molecule has 0 bridgehead atoms. The second kappa shape index (κ2) is 4.97. The number of aromatic amines is 1. The van der Waals surface area contributed by atoms with Crippen molar-refractivity contribution >= 4 is 22.5 Å². The van der Waals surface area contributed by atoms with Crippen LogP contribution in [-0.2, 0) is 0 Å². The predicted octanol–water partition coefficient (Wildman–Crippen LogP) is 4.00. The van der Waals surface area contributed by atoms with E-state index >= 15 is 0 Å². The predicted molar refractivity (Wildman–Crippen MR) is 80.4 cm³/mol. The van der Waals surface area contributed by atoms with Gasteiger partial charge in [-0.25, -0.2) is 9.97 Å². The van der Waals surface area contributed by atoms with Crippen LogP contribution in [0.3, 0.4) is 0 Å². The Kier molecular flexibility index (Phi) is 3.13. The van der Waals surface area contributed by atoms with Gasteiger partial charge >= 0.3 is 0 Å². The van der Waals surface area contributed by atoms with Crippen LogP contribution in [-0.4, -0.2) is 20.1 Å². The lowest BCUT2D eigenvalue weighted by Gasteiger charge is -1.97. The van der Waals surface area contributed by atoms with Crippen molar-refractivity contribution < 1.29 is 5.11 Å². The molecule has 0 atom stereocenters. The normalized spacial score (nSPS) is 11.6. The van der Waals surface area contributed by atoms with E-state index in [0.29, 0.717) is 5.69 Å². The smallest absolute Gasteiger partial charge is 0.269 e. The van der Waals surface area contributed by atoms with Gasteiger partial charge in [-0.05, 0) is 39.0 Å². The third-order valence-electron chi connectivity index (χ3n) is 3.12. The number of benzene rings is 1. The van der Waals surface area contributed by atoms with Crippen molar-refractivity contribution in [1.29, 1.82) is 0 Å². The number of hydrogen-bond acceptors (Lipinski definition) is 5. The summed E-state index contributed by atoms with van der Waals surface area (Å²) < 4.78 is 0. The summed E-state index contributed by atoms with van der Waals surface area (Å²) in [5, 5.41) is 18.9. The zero-order chi connectivity index (χ0) is 15.0. The highest BCUT2D eigenvalue weighted by Gasteiger charge is 2.10. The molecule has 0 aliphatic rings. The summed E-state index contributed by atoms with van der Waals surface area (Å²) in [6.07, 6.45) is 0. The van der Waals surface area contributed by atoms with E-state index in [2.05, 4.69) is 25.2 Å². The molecule has 6 heteroatoms. The first-order valence-corrected chi connectivity index (χ1v) is 6.58. The maximum absolute atomic E-state index is 9.96. The Bertz CT molecular complexity index is 830. The molecule has 2 heterocycles. The number of aryl methyl sites for hydroxylation is 3. The van der Waals surface area contributed by atoms with Gasteiger partial charge in [0.15, 0.2) is 5.69 Å². The van der Waals surface area contributed by atoms with Crippen LogP contribution in [0, 0.1) is 20.8 Å². The maximum Gasteiger partial charge on any atom is 0.269 e. The van der Waals surface area contributed by atoms with Crippen molar-refractivity contribution in [3.63, 3.8) is 0 Å². The average Bonchev–Trinajstić information content (AvgIpc) is 2.70. The van der Waals surface area contributed by atoms with E-state index in [1.807, 2.05) is 45.0 Å². The van der Waals surface area contributed by atoms with Gasteiger partial charge in [0, 0.05) is 16.8 Å². The topological polar surface area (TPSA) is 86.5 Å². The molecule has 0 amide bonds. The molecule has 2 aromatic heterocycles. The van der Waals surface area contributed by atoms with E-state index in [9.17, 15) is 5.11 Å². The molecule has 21 heavy (non-hydrogen) atoms. The number of rotatable bonds is 2. The number of aromatic hydroxyl groups is 1. The second-order valence-electron chi connectivity index (χ2n) is 5.02. The summed E-state index contributed by atoms with van der Waals surface area (Å²) in [5.41, 5.74) is 3.95. The van der Waals surface area contributed by atoms with Crippen LogP contribution in [0.4, 0.5) is 11.6 Å². The molecule has 3 rings (SSSR count). The lowest BCUT2D eigenvalue weighted by molar-refractivity contribution is 0.459. The first kappa shape index (κ1) is 13.2. The minimum Gasteiger partial charge on any atom is -0.493 e. The molecule has 0 saturated carbocycles. The summed E-state index contributed by atoms with van der Waals surface area (Å²) in [6.45, 7) is 5.73. The summed E-state index contributed by atoms with van der Waals surface area (Å²) >= 11 is 0. The van der Waals surface area contributed by atoms with Gasteiger partial charge in [0.2, 0.25) is 5.88 Å². The largest absolute Gasteiger partial charge is 0.493 e. The van der Waals surface area contributed by atoms with Crippen molar-refractivity contribution in [2.45, 2.75) is 20.8 Å². The van der Waals surface area contributed by atoms with Gasteiger partial charge < -0.3 is 10.1 Å². The zero-order valence-electron chi connectivity index (χ0n) is 12.0. The van der Waals surface area contributed by atoms with Crippen LogP contribution in [0.25, 0.3) is 10.9 Å². The van der Waals surface area contributed by atoms with Crippen molar-refractivity contribution in [1.82, 2.24) is 15.0 Å². The lowest BCUT2D eigenvalue weighted by atomic mass is 10.2. The van der Waals surface area contributed by atoms with E-state index in [1.165, 1.54) is 0 Å². The molecule has 106 valence electrons. The third kappa shape index (κ3) is 2.60. The first-order chi connectivity index (χ1) is 10.0. The summed E-state index contributed by atoms with van der Waals surface area (Å²) in [7, 11) is 0. The third-order valence-corrected chi connectivity index (χ3v) is 3.12. The molecule has 6 nitrogen and oxygen atoms in total. The van der Waals surface area contributed by atoms with E-state index in [-0.39, 0.29) is 11.8 Å². The molecule has 0 aliphatic heterocycles. The Morgan fingerprint density at radius 2 is 1.71 bits per heavy atom. The Balaban J connectivity index is 2.06. The highest BCUT2D eigenvalue weighted by Crippen LogP contribution is 2.36. The van der Waals surface area contributed by atoms with E-state index in [1.54, 1.807) is 0 Å². The molecule has 0 radical (unpaired) electrons. The first-order valence-electron chi connectivity index (χ1n) is 6.58. The minimum atomic E-state index is -0.0104. The SMILES string of the molecule is Cc1ccc2[nH]c(O)c(N=Nc3nc(C)cc(C)n3)c2c1. The standard InChI is InChI=1S/C15H15N5O/c1-8-4-5-12-11(6-8)13(14(21)18-12)19-20-15-16-9(2)7-10(3)17-15/h4-7,18,21H,1-3H3. The molecule has 0 unspecified atom stereocenters. The van der Waals surface area contributed by atoms with Crippen LogP contribution in [0.5, 0.6) is 5.88 Å². The molecule has 3 aromatic rings. The number of hydrogen-bond donors (Lipinski definition) is 2. The van der Waals surface area contributed by atoms with Crippen molar-refractivity contribution in [3.8, 4) is 5.88 Å². The fourth-order valence-electron chi connectivity index (χ4n) is 2.23. The number of azo groups is 1. The molecule has 1 aromatic carbocycles. The second-order valence-corrected chi connectivity index (χ2v) is 5.02. The highest BCUT2D eigenvalue weighted by molar-refractivity contribution is 5.94. The van der Waals surface area contributed by atoms with Crippen molar-refractivity contribution in [3.05, 3.63) is 41.2 Å². The number of fused-ring (bicyclic) bond motifs is 1. The van der Waals surface area contributed by atoms with E-state index in [0.717, 1.165) is 27.9 Å². The van der Waals surface area contributed by atoms with Gasteiger partial charge in [0.1, 0.15) is 0 Å². The minimum absolute atomic E-state index is 0.0104. The van der Waals surface area contributed by atoms with Crippen LogP contribution in [0.1, 0.15) is 17.0 Å². The van der Waals surface area contributed by atoms with Gasteiger partial charge in [0.25, 0.3) is 5.95 Å². The number of H-pyrrole nitrogens is 1. The molecule has 2 N–H and O–H groups in total. The Labute approximate surface area is 121 Å². The van der Waals surface area contributed by atoms with Crippen molar-refractivity contribution in [2.75, 3.05) is 0 Å². The van der Waals surface area contributed by atoms with E-state index in [4.69, 9.17) is 0 Å². The van der Waals surface area contributed by atoms with Crippen LogP contribution >= 0.6 is 0 Å². The number of nitrogens with zero attached hydrogens (tertiary/aromatic N) is 4. The highest BCUT2D eigenvalue weighted by atomic mass is 16.3. The molecular formula is C15H15N5O. The van der Waals surface area contributed by atoms with E-state index < -0.39 is 0 Å².